The summed E-state index contributed by atoms with van der Waals surface area (Å²) in [6.45, 7) is 0.472. The molecule has 2 nitrogen and oxygen atoms in total. The standard InChI is InChI=1S/C17H14N2/c18-9-14-13-7-6-11-3-1-2-10-4-5-12(8-15(14)19)17(13)16(10)11/h1-8H,9,18-19H2. The van der Waals surface area contributed by atoms with Crippen LogP contribution in [-0.4, -0.2) is 0 Å². The Labute approximate surface area is 111 Å². The molecule has 0 aliphatic rings. The molecule has 2 heteroatoms. The van der Waals surface area contributed by atoms with E-state index in [2.05, 4.69) is 42.5 Å². The van der Waals surface area contributed by atoms with Gasteiger partial charge in [0.1, 0.15) is 0 Å². The summed E-state index contributed by atoms with van der Waals surface area (Å²) in [6, 6.07) is 17.0. The summed E-state index contributed by atoms with van der Waals surface area (Å²) in [6.07, 6.45) is 0. The van der Waals surface area contributed by atoms with Crippen LogP contribution in [0.15, 0.2) is 48.5 Å². The zero-order chi connectivity index (χ0) is 13.0. The van der Waals surface area contributed by atoms with E-state index in [9.17, 15) is 0 Å². The van der Waals surface area contributed by atoms with Gasteiger partial charge in [-0.05, 0) is 43.9 Å². The molecule has 4 rings (SSSR count). The molecule has 4 aromatic carbocycles. The van der Waals surface area contributed by atoms with Crippen molar-refractivity contribution in [2.24, 2.45) is 5.73 Å². The van der Waals surface area contributed by atoms with Gasteiger partial charge in [-0.1, -0.05) is 42.5 Å². The van der Waals surface area contributed by atoms with Gasteiger partial charge in [0.25, 0.3) is 0 Å². The van der Waals surface area contributed by atoms with Gasteiger partial charge in [0.2, 0.25) is 0 Å². The highest BCUT2D eigenvalue weighted by Crippen LogP contribution is 2.37. The number of hydrogen-bond donors (Lipinski definition) is 2. The minimum absolute atomic E-state index is 0.472. The molecule has 0 bridgehead atoms. The fourth-order valence-electron chi connectivity index (χ4n) is 3.12. The van der Waals surface area contributed by atoms with E-state index in [1.165, 1.54) is 32.3 Å². The molecule has 0 amide bonds. The van der Waals surface area contributed by atoms with Crippen LogP contribution in [0.4, 0.5) is 5.69 Å². The van der Waals surface area contributed by atoms with Crippen molar-refractivity contribution in [3.63, 3.8) is 0 Å². The first-order valence-corrected chi connectivity index (χ1v) is 6.44. The summed E-state index contributed by atoms with van der Waals surface area (Å²) in [5, 5.41) is 7.50. The molecule has 4 aromatic rings. The van der Waals surface area contributed by atoms with Crippen LogP contribution in [0.1, 0.15) is 5.56 Å². The van der Waals surface area contributed by atoms with E-state index in [0.717, 1.165) is 11.3 Å². The third kappa shape index (κ3) is 1.29. The van der Waals surface area contributed by atoms with Crippen molar-refractivity contribution in [2.75, 3.05) is 5.73 Å². The monoisotopic (exact) mass is 246 g/mol. The molecular weight excluding hydrogens is 232 g/mol. The smallest absolute Gasteiger partial charge is 0.0372 e. The van der Waals surface area contributed by atoms with Gasteiger partial charge in [0.05, 0.1) is 0 Å². The third-order valence-corrected chi connectivity index (χ3v) is 4.00. The summed E-state index contributed by atoms with van der Waals surface area (Å²) in [5.41, 5.74) is 13.8. The van der Waals surface area contributed by atoms with Crippen LogP contribution >= 0.6 is 0 Å². The normalized spacial score (nSPS) is 11.8. The second kappa shape index (κ2) is 3.59. The first-order valence-electron chi connectivity index (χ1n) is 6.44. The van der Waals surface area contributed by atoms with Crippen molar-refractivity contribution in [1.29, 1.82) is 0 Å². The van der Waals surface area contributed by atoms with E-state index in [4.69, 9.17) is 11.5 Å². The summed E-state index contributed by atoms with van der Waals surface area (Å²) in [5.74, 6) is 0. The highest BCUT2D eigenvalue weighted by atomic mass is 14.6. The molecule has 0 unspecified atom stereocenters. The van der Waals surface area contributed by atoms with Gasteiger partial charge in [0.15, 0.2) is 0 Å². The molecule has 0 spiro atoms. The fourth-order valence-corrected chi connectivity index (χ4v) is 3.12. The summed E-state index contributed by atoms with van der Waals surface area (Å²) >= 11 is 0. The van der Waals surface area contributed by atoms with Crippen LogP contribution in [0, 0.1) is 0 Å². The van der Waals surface area contributed by atoms with Gasteiger partial charge in [-0.2, -0.15) is 0 Å². The van der Waals surface area contributed by atoms with Crippen molar-refractivity contribution < 1.29 is 0 Å². The van der Waals surface area contributed by atoms with Crippen molar-refractivity contribution >= 4 is 38.0 Å². The first-order chi connectivity index (χ1) is 9.29. The molecule has 0 radical (unpaired) electrons. The molecule has 0 aromatic heterocycles. The molecule has 0 atom stereocenters. The Bertz CT molecular complexity index is 893. The molecule has 0 aliphatic carbocycles. The zero-order valence-corrected chi connectivity index (χ0v) is 10.5. The SMILES string of the molecule is NCc1c(N)cc2ccc3cccc4ccc1c2c34. The van der Waals surface area contributed by atoms with Crippen molar-refractivity contribution in [1.82, 2.24) is 0 Å². The molecule has 0 saturated carbocycles. The lowest BCUT2D eigenvalue weighted by Crippen LogP contribution is -2.03. The number of nitrogens with two attached hydrogens (primary N) is 2. The lowest BCUT2D eigenvalue weighted by molar-refractivity contribution is 1.09. The minimum atomic E-state index is 0.472. The minimum Gasteiger partial charge on any atom is -0.398 e. The van der Waals surface area contributed by atoms with Gasteiger partial charge in [-0.3, -0.25) is 0 Å². The highest BCUT2D eigenvalue weighted by molar-refractivity contribution is 6.24. The van der Waals surface area contributed by atoms with E-state index in [1.807, 2.05) is 6.07 Å². The Morgan fingerprint density at radius 1 is 0.789 bits per heavy atom. The highest BCUT2D eigenvalue weighted by Gasteiger charge is 2.12. The van der Waals surface area contributed by atoms with E-state index in [-0.39, 0.29) is 0 Å². The number of nitrogen functional groups attached to an aromatic ring is 1. The van der Waals surface area contributed by atoms with Gasteiger partial charge >= 0.3 is 0 Å². The number of benzene rings is 4. The predicted octanol–water partition coefficient (Wildman–Crippen LogP) is 3.62. The molecule has 0 fully saturated rings. The predicted molar refractivity (Wildman–Crippen MR) is 82.4 cm³/mol. The Kier molecular flexibility index (Phi) is 2.00. The zero-order valence-electron chi connectivity index (χ0n) is 10.5. The number of hydrogen-bond acceptors (Lipinski definition) is 2. The molecule has 0 saturated heterocycles. The first kappa shape index (κ1) is 10.6. The van der Waals surface area contributed by atoms with Gasteiger partial charge in [0, 0.05) is 12.2 Å². The second-order valence-electron chi connectivity index (χ2n) is 5.00. The maximum atomic E-state index is 6.12. The van der Waals surface area contributed by atoms with E-state index < -0.39 is 0 Å². The van der Waals surface area contributed by atoms with Crippen molar-refractivity contribution in [2.45, 2.75) is 6.54 Å². The average Bonchev–Trinajstić information content (AvgIpc) is 2.44. The topological polar surface area (TPSA) is 52.0 Å². The van der Waals surface area contributed by atoms with Crippen LogP contribution in [0.25, 0.3) is 32.3 Å². The molecule has 92 valence electrons. The van der Waals surface area contributed by atoms with Crippen molar-refractivity contribution in [3.05, 3.63) is 54.1 Å². The summed E-state index contributed by atoms with van der Waals surface area (Å²) in [7, 11) is 0. The number of anilines is 1. The van der Waals surface area contributed by atoms with Gasteiger partial charge in [-0.25, -0.2) is 0 Å². The lowest BCUT2D eigenvalue weighted by atomic mass is 9.91. The van der Waals surface area contributed by atoms with Crippen LogP contribution < -0.4 is 11.5 Å². The maximum Gasteiger partial charge on any atom is 0.0372 e. The van der Waals surface area contributed by atoms with Gasteiger partial charge < -0.3 is 11.5 Å². The average molecular weight is 246 g/mol. The van der Waals surface area contributed by atoms with Crippen LogP contribution in [0.5, 0.6) is 0 Å². The van der Waals surface area contributed by atoms with E-state index >= 15 is 0 Å². The fraction of sp³-hybridized carbons (Fsp3) is 0.0588. The van der Waals surface area contributed by atoms with E-state index in [0.29, 0.717) is 6.54 Å². The molecule has 0 heterocycles. The third-order valence-electron chi connectivity index (χ3n) is 4.00. The second-order valence-corrected chi connectivity index (χ2v) is 5.00. The molecule has 4 N–H and O–H groups in total. The molecule has 0 aliphatic heterocycles. The van der Waals surface area contributed by atoms with Crippen LogP contribution in [0.3, 0.4) is 0 Å². The Hall–Kier alpha value is -2.32. The van der Waals surface area contributed by atoms with Crippen LogP contribution in [0.2, 0.25) is 0 Å². The lowest BCUT2D eigenvalue weighted by Gasteiger charge is -2.15. The Morgan fingerprint density at radius 2 is 1.47 bits per heavy atom. The summed E-state index contributed by atoms with van der Waals surface area (Å²) in [4.78, 5) is 0. The van der Waals surface area contributed by atoms with Crippen molar-refractivity contribution in [3.8, 4) is 0 Å². The summed E-state index contributed by atoms with van der Waals surface area (Å²) < 4.78 is 0. The molecule has 19 heavy (non-hydrogen) atoms. The Morgan fingerprint density at radius 3 is 2.21 bits per heavy atom. The van der Waals surface area contributed by atoms with E-state index in [1.54, 1.807) is 0 Å². The van der Waals surface area contributed by atoms with Crippen LogP contribution in [-0.2, 0) is 6.54 Å². The Balaban J connectivity index is 2.39. The quantitative estimate of drug-likeness (QED) is 0.398. The largest absolute Gasteiger partial charge is 0.398 e. The van der Waals surface area contributed by atoms with Gasteiger partial charge in [-0.15, -0.1) is 0 Å². The maximum absolute atomic E-state index is 6.12. The number of rotatable bonds is 1. The molecular formula is C17H14N2.